The number of nitrogens with one attached hydrogen (secondary N) is 1. The first-order valence-corrected chi connectivity index (χ1v) is 8.90. The van der Waals surface area contributed by atoms with Gasteiger partial charge < -0.3 is 10.1 Å². The summed E-state index contributed by atoms with van der Waals surface area (Å²) in [5.41, 5.74) is 1.31. The van der Waals surface area contributed by atoms with E-state index in [4.69, 9.17) is 16.3 Å². The minimum Gasteiger partial charge on any atom is -0.367 e. The molecule has 0 saturated heterocycles. The Morgan fingerprint density at radius 1 is 1.26 bits per heavy atom. The molecule has 140 valence electrons. The number of ether oxygens (including phenoxy) is 1. The molecule has 1 heterocycles. The summed E-state index contributed by atoms with van der Waals surface area (Å²) in [6, 6.07) is 14.1. The van der Waals surface area contributed by atoms with Crippen LogP contribution in [0.3, 0.4) is 0 Å². The molecule has 1 unspecified atom stereocenters. The van der Waals surface area contributed by atoms with Gasteiger partial charge in [0.25, 0.3) is 5.56 Å². The Hall–Kier alpha value is -2.70. The second-order valence-corrected chi connectivity index (χ2v) is 6.70. The molecule has 0 fully saturated rings. The highest BCUT2D eigenvalue weighted by molar-refractivity contribution is 6.31. The quantitative estimate of drug-likeness (QED) is 0.708. The van der Waals surface area contributed by atoms with E-state index in [-0.39, 0.29) is 18.1 Å². The lowest BCUT2D eigenvalue weighted by Crippen LogP contribution is -2.34. The van der Waals surface area contributed by atoms with Crippen molar-refractivity contribution >= 4 is 28.4 Å². The fourth-order valence-corrected chi connectivity index (χ4v) is 3.00. The molecule has 3 aromatic rings. The van der Waals surface area contributed by atoms with E-state index in [1.165, 1.54) is 4.57 Å². The zero-order chi connectivity index (χ0) is 19.4. The molecular weight excluding hydrogens is 366 g/mol. The molecule has 3 rings (SSSR count). The summed E-state index contributed by atoms with van der Waals surface area (Å²) >= 11 is 6.00. The standard InChI is InChI=1S/C20H20ClN3O3/c1-13(22-18(25)12-27-11-14-6-4-3-5-7-14)19-23-17-10-15(21)8-9-16(17)20(26)24(19)2/h3-10,13H,11-12H2,1-2H3,(H,22,25). The van der Waals surface area contributed by atoms with E-state index < -0.39 is 6.04 Å². The van der Waals surface area contributed by atoms with Crippen LogP contribution in [0.2, 0.25) is 5.02 Å². The molecule has 0 aliphatic carbocycles. The number of benzene rings is 2. The van der Waals surface area contributed by atoms with Crippen molar-refractivity contribution in [3.63, 3.8) is 0 Å². The maximum atomic E-state index is 12.5. The average molecular weight is 386 g/mol. The number of carbonyl (C=O) groups excluding carboxylic acids is 1. The number of amides is 1. The molecule has 0 saturated carbocycles. The molecule has 6 nitrogen and oxygen atoms in total. The van der Waals surface area contributed by atoms with Crippen LogP contribution < -0.4 is 10.9 Å². The van der Waals surface area contributed by atoms with Gasteiger partial charge in [0.1, 0.15) is 12.4 Å². The van der Waals surface area contributed by atoms with Gasteiger partial charge in [0.05, 0.1) is 23.6 Å². The number of nitrogens with zero attached hydrogens (tertiary/aromatic N) is 2. The van der Waals surface area contributed by atoms with Crippen molar-refractivity contribution in [1.29, 1.82) is 0 Å². The van der Waals surface area contributed by atoms with Crippen molar-refractivity contribution in [3.8, 4) is 0 Å². The zero-order valence-corrected chi connectivity index (χ0v) is 15.9. The maximum absolute atomic E-state index is 12.5. The van der Waals surface area contributed by atoms with Crippen molar-refractivity contribution in [2.45, 2.75) is 19.6 Å². The number of rotatable bonds is 6. The molecule has 1 aromatic heterocycles. The molecule has 0 radical (unpaired) electrons. The predicted molar refractivity (Wildman–Crippen MR) is 105 cm³/mol. The largest absolute Gasteiger partial charge is 0.367 e. The summed E-state index contributed by atoms with van der Waals surface area (Å²) in [6.45, 7) is 2.05. The Morgan fingerprint density at radius 2 is 2.00 bits per heavy atom. The molecular formula is C20H20ClN3O3. The summed E-state index contributed by atoms with van der Waals surface area (Å²) in [7, 11) is 1.63. The van der Waals surface area contributed by atoms with E-state index in [0.29, 0.717) is 28.4 Å². The van der Waals surface area contributed by atoms with Crippen LogP contribution in [0.25, 0.3) is 10.9 Å². The smallest absolute Gasteiger partial charge is 0.261 e. The minimum absolute atomic E-state index is 0.0768. The van der Waals surface area contributed by atoms with E-state index >= 15 is 0 Å². The van der Waals surface area contributed by atoms with E-state index in [1.54, 1.807) is 32.2 Å². The van der Waals surface area contributed by atoms with Crippen molar-refractivity contribution in [3.05, 3.63) is 75.3 Å². The second kappa shape index (κ2) is 8.33. The first kappa shape index (κ1) is 19.1. The molecule has 27 heavy (non-hydrogen) atoms. The third-order valence-corrected chi connectivity index (χ3v) is 4.42. The van der Waals surface area contributed by atoms with Crippen LogP contribution in [0.5, 0.6) is 0 Å². The number of hydrogen-bond donors (Lipinski definition) is 1. The average Bonchev–Trinajstić information content (AvgIpc) is 2.65. The van der Waals surface area contributed by atoms with Gasteiger partial charge in [-0.3, -0.25) is 14.2 Å². The number of hydrogen-bond acceptors (Lipinski definition) is 4. The first-order valence-electron chi connectivity index (χ1n) is 8.53. The molecule has 1 N–H and O–H groups in total. The van der Waals surface area contributed by atoms with Gasteiger partial charge in [-0.1, -0.05) is 41.9 Å². The minimum atomic E-state index is -0.459. The topological polar surface area (TPSA) is 73.2 Å². The van der Waals surface area contributed by atoms with Gasteiger partial charge in [0.15, 0.2) is 0 Å². The summed E-state index contributed by atoms with van der Waals surface area (Å²) in [5.74, 6) is 0.171. The van der Waals surface area contributed by atoms with Crippen LogP contribution in [0.4, 0.5) is 0 Å². The Balaban J connectivity index is 1.68. The molecule has 1 amide bonds. The number of halogens is 1. The molecule has 0 aliphatic heterocycles. The third kappa shape index (κ3) is 4.53. The van der Waals surface area contributed by atoms with E-state index in [9.17, 15) is 9.59 Å². The van der Waals surface area contributed by atoms with Gasteiger partial charge in [-0.2, -0.15) is 0 Å². The second-order valence-electron chi connectivity index (χ2n) is 6.26. The van der Waals surface area contributed by atoms with Gasteiger partial charge in [-0.25, -0.2) is 4.98 Å². The molecule has 2 aromatic carbocycles. The molecule has 0 spiro atoms. The summed E-state index contributed by atoms with van der Waals surface area (Å²) < 4.78 is 6.88. The highest BCUT2D eigenvalue weighted by Crippen LogP contribution is 2.17. The number of aromatic nitrogens is 2. The van der Waals surface area contributed by atoms with Crippen LogP contribution in [0.15, 0.2) is 53.3 Å². The van der Waals surface area contributed by atoms with Gasteiger partial charge in [-0.15, -0.1) is 0 Å². The Labute approximate surface area is 161 Å². The summed E-state index contributed by atoms with van der Waals surface area (Å²) in [4.78, 5) is 29.2. The number of fused-ring (bicyclic) bond motifs is 1. The number of carbonyl (C=O) groups is 1. The molecule has 1 atom stereocenters. The SMILES string of the molecule is CC(NC(=O)COCc1ccccc1)c1nc2cc(Cl)ccc2c(=O)n1C. The van der Waals surface area contributed by atoms with E-state index in [0.717, 1.165) is 5.56 Å². The van der Waals surface area contributed by atoms with Gasteiger partial charge in [0, 0.05) is 12.1 Å². The lowest BCUT2D eigenvalue weighted by atomic mass is 10.2. The fraction of sp³-hybridized carbons (Fsp3) is 0.250. The summed E-state index contributed by atoms with van der Waals surface area (Å²) in [6.07, 6.45) is 0. The highest BCUT2D eigenvalue weighted by atomic mass is 35.5. The molecule has 7 heteroatoms. The monoisotopic (exact) mass is 385 g/mol. The Kier molecular flexibility index (Phi) is 5.88. The van der Waals surface area contributed by atoms with Crippen LogP contribution in [0.1, 0.15) is 24.4 Å². The first-order chi connectivity index (χ1) is 13.0. The fourth-order valence-electron chi connectivity index (χ4n) is 2.83. The van der Waals surface area contributed by atoms with E-state index in [2.05, 4.69) is 10.3 Å². The third-order valence-electron chi connectivity index (χ3n) is 4.18. The Morgan fingerprint density at radius 3 is 2.74 bits per heavy atom. The van der Waals surface area contributed by atoms with Crippen LogP contribution >= 0.6 is 11.6 Å². The van der Waals surface area contributed by atoms with E-state index in [1.807, 2.05) is 30.3 Å². The Bertz CT molecular complexity index is 1020. The zero-order valence-electron chi connectivity index (χ0n) is 15.1. The van der Waals surface area contributed by atoms with Crippen molar-refractivity contribution in [1.82, 2.24) is 14.9 Å². The molecule has 0 aliphatic rings. The van der Waals surface area contributed by atoms with Gasteiger partial charge in [-0.05, 0) is 30.7 Å². The van der Waals surface area contributed by atoms with Crippen LogP contribution in [-0.2, 0) is 23.2 Å². The van der Waals surface area contributed by atoms with Crippen molar-refractivity contribution in [2.24, 2.45) is 7.05 Å². The van der Waals surface area contributed by atoms with Gasteiger partial charge >= 0.3 is 0 Å². The normalized spacial score (nSPS) is 12.1. The summed E-state index contributed by atoms with van der Waals surface area (Å²) in [5, 5.41) is 3.79. The lowest BCUT2D eigenvalue weighted by molar-refractivity contribution is -0.126. The lowest BCUT2D eigenvalue weighted by Gasteiger charge is -2.17. The van der Waals surface area contributed by atoms with Crippen LogP contribution in [0, 0.1) is 0 Å². The molecule has 0 bridgehead atoms. The van der Waals surface area contributed by atoms with Crippen molar-refractivity contribution < 1.29 is 9.53 Å². The van der Waals surface area contributed by atoms with Crippen molar-refractivity contribution in [2.75, 3.05) is 6.61 Å². The van der Waals surface area contributed by atoms with Gasteiger partial charge in [0.2, 0.25) is 5.91 Å². The predicted octanol–water partition coefficient (Wildman–Crippen LogP) is 2.98. The highest BCUT2D eigenvalue weighted by Gasteiger charge is 2.16. The van der Waals surface area contributed by atoms with Crippen LogP contribution in [-0.4, -0.2) is 22.1 Å². The maximum Gasteiger partial charge on any atom is 0.261 e.